The summed E-state index contributed by atoms with van der Waals surface area (Å²) < 4.78 is 10.3. The van der Waals surface area contributed by atoms with E-state index in [1.807, 2.05) is 6.07 Å². The van der Waals surface area contributed by atoms with Gasteiger partial charge in [0.05, 0.1) is 37.2 Å². The number of nitrogens with one attached hydrogen (secondary N) is 1. The number of benzene rings is 1. The first-order valence-electron chi connectivity index (χ1n) is 5.77. The maximum absolute atomic E-state index is 11.0. The topological polar surface area (TPSA) is 95.5 Å². The molecule has 20 heavy (non-hydrogen) atoms. The molecule has 0 unspecified atom stereocenters. The van der Waals surface area contributed by atoms with Crippen molar-refractivity contribution >= 4 is 11.7 Å². The van der Waals surface area contributed by atoms with Gasteiger partial charge in [0.25, 0.3) is 0 Å². The van der Waals surface area contributed by atoms with Gasteiger partial charge in [0.2, 0.25) is 0 Å². The molecule has 0 fully saturated rings. The molecule has 102 valence electrons. The number of ether oxygens (including phenoxy) is 1. The Hall–Kier alpha value is -2.94. The number of methoxy groups -OCH3 is 1. The molecule has 0 aliphatic heterocycles. The summed E-state index contributed by atoms with van der Waals surface area (Å²) in [5, 5.41) is 20.8. The van der Waals surface area contributed by atoms with Crippen molar-refractivity contribution in [2.45, 2.75) is 6.54 Å². The lowest BCUT2D eigenvalue weighted by molar-refractivity contribution is 0.0694. The first-order valence-corrected chi connectivity index (χ1v) is 5.77. The van der Waals surface area contributed by atoms with Crippen LogP contribution in [0.5, 0.6) is 5.75 Å². The minimum atomic E-state index is -1.04. The molecule has 0 aliphatic rings. The molecule has 2 N–H and O–H groups in total. The maximum Gasteiger partial charge on any atom is 0.339 e. The second kappa shape index (κ2) is 5.80. The van der Waals surface area contributed by atoms with Gasteiger partial charge in [-0.3, -0.25) is 0 Å². The van der Waals surface area contributed by atoms with Crippen LogP contribution in [0.15, 0.2) is 34.9 Å². The summed E-state index contributed by atoms with van der Waals surface area (Å²) >= 11 is 0. The van der Waals surface area contributed by atoms with E-state index >= 15 is 0 Å². The number of hydrogen-bond acceptors (Lipinski definition) is 5. The van der Waals surface area contributed by atoms with Crippen molar-refractivity contribution in [3.8, 4) is 11.8 Å². The number of carbonyl (C=O) groups is 1. The van der Waals surface area contributed by atoms with Crippen LogP contribution in [0, 0.1) is 11.3 Å². The molecule has 0 aliphatic carbocycles. The molecule has 0 saturated heterocycles. The van der Waals surface area contributed by atoms with E-state index in [1.165, 1.54) is 19.4 Å². The number of nitriles is 1. The van der Waals surface area contributed by atoms with E-state index in [1.54, 1.807) is 18.2 Å². The number of rotatable bonds is 5. The lowest BCUT2D eigenvalue weighted by Crippen LogP contribution is -2.05. The number of aromatic carboxylic acids is 1. The summed E-state index contributed by atoms with van der Waals surface area (Å²) in [5.74, 6) is -0.210. The van der Waals surface area contributed by atoms with Gasteiger partial charge in [-0.05, 0) is 18.2 Å². The molecule has 2 rings (SSSR count). The first kappa shape index (κ1) is 13.5. The SMILES string of the molecule is COc1cc(C#N)ccc1NCc1occc1C(=O)O. The van der Waals surface area contributed by atoms with E-state index in [0.717, 1.165) is 0 Å². The molecule has 0 saturated carbocycles. The fraction of sp³-hybridized carbons (Fsp3) is 0.143. The average Bonchev–Trinajstić information content (AvgIpc) is 2.93. The van der Waals surface area contributed by atoms with Crippen LogP contribution in [-0.4, -0.2) is 18.2 Å². The van der Waals surface area contributed by atoms with Crippen molar-refractivity contribution in [1.82, 2.24) is 0 Å². The smallest absolute Gasteiger partial charge is 0.339 e. The summed E-state index contributed by atoms with van der Waals surface area (Å²) in [6, 6.07) is 8.36. The number of carboxylic acids is 1. The second-order valence-corrected chi connectivity index (χ2v) is 3.94. The van der Waals surface area contributed by atoms with Crippen molar-refractivity contribution < 1.29 is 19.1 Å². The fourth-order valence-corrected chi connectivity index (χ4v) is 1.75. The standard InChI is InChI=1S/C14H12N2O4/c1-19-12-6-9(7-15)2-3-11(12)16-8-13-10(14(17)18)4-5-20-13/h2-6,16H,8H2,1H3,(H,17,18). The third-order valence-corrected chi connectivity index (χ3v) is 2.75. The number of furan rings is 1. The highest BCUT2D eigenvalue weighted by molar-refractivity contribution is 5.88. The van der Waals surface area contributed by atoms with Crippen molar-refractivity contribution in [3.63, 3.8) is 0 Å². The van der Waals surface area contributed by atoms with Crippen LogP contribution in [0.1, 0.15) is 21.7 Å². The van der Waals surface area contributed by atoms with Crippen molar-refractivity contribution in [2.75, 3.05) is 12.4 Å². The highest BCUT2D eigenvalue weighted by atomic mass is 16.5. The van der Waals surface area contributed by atoms with Crippen molar-refractivity contribution in [3.05, 3.63) is 47.4 Å². The van der Waals surface area contributed by atoms with Gasteiger partial charge >= 0.3 is 5.97 Å². The Bertz CT molecular complexity index is 670. The second-order valence-electron chi connectivity index (χ2n) is 3.94. The molecule has 0 bridgehead atoms. The highest BCUT2D eigenvalue weighted by Crippen LogP contribution is 2.26. The van der Waals surface area contributed by atoms with Gasteiger partial charge in [-0.15, -0.1) is 0 Å². The molecule has 6 nitrogen and oxygen atoms in total. The van der Waals surface area contributed by atoms with Crippen LogP contribution >= 0.6 is 0 Å². The zero-order valence-electron chi connectivity index (χ0n) is 10.7. The Morgan fingerprint density at radius 1 is 1.50 bits per heavy atom. The zero-order valence-corrected chi connectivity index (χ0v) is 10.7. The van der Waals surface area contributed by atoms with E-state index in [0.29, 0.717) is 22.8 Å². The third-order valence-electron chi connectivity index (χ3n) is 2.75. The predicted octanol–water partition coefficient (Wildman–Crippen LogP) is 2.47. The van der Waals surface area contributed by atoms with E-state index < -0.39 is 5.97 Å². The highest BCUT2D eigenvalue weighted by Gasteiger charge is 2.13. The Labute approximate surface area is 115 Å². The van der Waals surface area contributed by atoms with Crippen LogP contribution in [0.25, 0.3) is 0 Å². The molecule has 0 amide bonds. The van der Waals surface area contributed by atoms with Gasteiger partial charge in [-0.1, -0.05) is 0 Å². The molecule has 1 heterocycles. The predicted molar refractivity (Wildman–Crippen MR) is 70.7 cm³/mol. The van der Waals surface area contributed by atoms with Crippen LogP contribution in [0.4, 0.5) is 5.69 Å². The summed E-state index contributed by atoms with van der Waals surface area (Å²) in [6.07, 6.45) is 1.33. The maximum atomic E-state index is 11.0. The van der Waals surface area contributed by atoms with Crippen LogP contribution in [-0.2, 0) is 6.54 Å². The quantitative estimate of drug-likeness (QED) is 0.868. The normalized spacial score (nSPS) is 9.80. The first-order chi connectivity index (χ1) is 9.65. The minimum absolute atomic E-state index is 0.116. The molecule has 0 spiro atoms. The number of anilines is 1. The number of carboxylic acid groups (broad SMARTS) is 1. The summed E-state index contributed by atoms with van der Waals surface area (Å²) in [7, 11) is 1.50. The van der Waals surface area contributed by atoms with Gasteiger partial charge in [0.1, 0.15) is 17.1 Å². The van der Waals surface area contributed by atoms with E-state index in [9.17, 15) is 4.79 Å². The van der Waals surface area contributed by atoms with Gasteiger partial charge in [0.15, 0.2) is 0 Å². The van der Waals surface area contributed by atoms with Gasteiger partial charge in [0, 0.05) is 6.07 Å². The summed E-state index contributed by atoms with van der Waals surface area (Å²) in [5.41, 5.74) is 1.25. The van der Waals surface area contributed by atoms with E-state index in [-0.39, 0.29) is 12.1 Å². The fourth-order valence-electron chi connectivity index (χ4n) is 1.75. The molecule has 2 aromatic rings. The molecule has 0 atom stereocenters. The summed E-state index contributed by atoms with van der Waals surface area (Å²) in [6.45, 7) is 0.205. The lowest BCUT2D eigenvalue weighted by atomic mass is 10.2. The number of nitrogens with zero attached hydrogens (tertiary/aromatic N) is 1. The molecular weight excluding hydrogens is 260 g/mol. The Morgan fingerprint density at radius 2 is 2.30 bits per heavy atom. The molecular formula is C14H12N2O4. The molecule has 0 radical (unpaired) electrons. The van der Waals surface area contributed by atoms with E-state index in [2.05, 4.69) is 5.32 Å². The Morgan fingerprint density at radius 3 is 2.95 bits per heavy atom. The van der Waals surface area contributed by atoms with Crippen molar-refractivity contribution in [1.29, 1.82) is 5.26 Å². The van der Waals surface area contributed by atoms with Gasteiger partial charge < -0.3 is 19.6 Å². The largest absolute Gasteiger partial charge is 0.495 e. The third kappa shape index (κ3) is 2.72. The lowest BCUT2D eigenvalue weighted by Gasteiger charge is -2.10. The minimum Gasteiger partial charge on any atom is -0.495 e. The monoisotopic (exact) mass is 272 g/mol. The number of hydrogen-bond donors (Lipinski definition) is 2. The average molecular weight is 272 g/mol. The Kier molecular flexibility index (Phi) is 3.91. The molecule has 1 aromatic carbocycles. The van der Waals surface area contributed by atoms with Gasteiger partial charge in [-0.2, -0.15) is 5.26 Å². The van der Waals surface area contributed by atoms with E-state index in [4.69, 9.17) is 19.5 Å². The molecule has 6 heteroatoms. The summed E-state index contributed by atoms with van der Waals surface area (Å²) in [4.78, 5) is 11.0. The van der Waals surface area contributed by atoms with Crippen LogP contribution < -0.4 is 10.1 Å². The molecule has 1 aromatic heterocycles. The van der Waals surface area contributed by atoms with Crippen LogP contribution in [0.2, 0.25) is 0 Å². The van der Waals surface area contributed by atoms with Crippen molar-refractivity contribution in [2.24, 2.45) is 0 Å². The van der Waals surface area contributed by atoms with Crippen LogP contribution in [0.3, 0.4) is 0 Å². The Balaban J connectivity index is 2.17. The zero-order chi connectivity index (χ0) is 14.5. The van der Waals surface area contributed by atoms with Gasteiger partial charge in [-0.25, -0.2) is 4.79 Å².